The zero-order valence-electron chi connectivity index (χ0n) is 9.89. The van der Waals surface area contributed by atoms with Crippen molar-refractivity contribution in [1.82, 2.24) is 5.32 Å². The van der Waals surface area contributed by atoms with Crippen molar-refractivity contribution >= 4 is 5.91 Å². The quantitative estimate of drug-likeness (QED) is 0.852. The third-order valence-electron chi connectivity index (χ3n) is 2.65. The SMILES string of the molecule is N#Cc1ccc(C(=O)NCC2COCCO2)cc1. The van der Waals surface area contributed by atoms with E-state index in [-0.39, 0.29) is 12.0 Å². The Labute approximate surface area is 105 Å². The summed E-state index contributed by atoms with van der Waals surface area (Å²) in [7, 11) is 0. The van der Waals surface area contributed by atoms with Gasteiger partial charge in [-0.3, -0.25) is 4.79 Å². The lowest BCUT2D eigenvalue weighted by molar-refractivity contribution is -0.0855. The maximum Gasteiger partial charge on any atom is 0.251 e. The maximum absolute atomic E-state index is 11.8. The molecule has 1 aromatic rings. The number of amides is 1. The zero-order valence-corrected chi connectivity index (χ0v) is 9.89. The van der Waals surface area contributed by atoms with Crippen LogP contribution in [0.15, 0.2) is 24.3 Å². The third-order valence-corrected chi connectivity index (χ3v) is 2.65. The normalized spacial score (nSPS) is 18.9. The topological polar surface area (TPSA) is 71.4 Å². The van der Waals surface area contributed by atoms with Gasteiger partial charge >= 0.3 is 0 Å². The lowest BCUT2D eigenvalue weighted by Gasteiger charge is -2.23. The highest BCUT2D eigenvalue weighted by Gasteiger charge is 2.15. The predicted molar refractivity (Wildman–Crippen MR) is 64.0 cm³/mol. The monoisotopic (exact) mass is 246 g/mol. The standard InChI is InChI=1S/C13H14N2O3/c14-7-10-1-3-11(4-2-10)13(16)15-8-12-9-17-5-6-18-12/h1-4,12H,5-6,8-9H2,(H,15,16). The number of nitrogens with zero attached hydrogens (tertiary/aromatic N) is 1. The Bertz CT molecular complexity index is 444. The molecule has 0 aliphatic carbocycles. The van der Waals surface area contributed by atoms with Crippen LogP contribution in [0.3, 0.4) is 0 Å². The van der Waals surface area contributed by atoms with Crippen LogP contribution in [0.5, 0.6) is 0 Å². The second-order valence-electron chi connectivity index (χ2n) is 3.97. The van der Waals surface area contributed by atoms with Crippen LogP contribution >= 0.6 is 0 Å². The van der Waals surface area contributed by atoms with Crippen LogP contribution in [-0.4, -0.2) is 38.4 Å². The van der Waals surface area contributed by atoms with Gasteiger partial charge in [0.15, 0.2) is 0 Å². The molecule has 0 radical (unpaired) electrons. The number of nitrogens with one attached hydrogen (secondary N) is 1. The van der Waals surface area contributed by atoms with Gasteiger partial charge in [0.25, 0.3) is 5.91 Å². The van der Waals surface area contributed by atoms with Crippen molar-refractivity contribution in [2.45, 2.75) is 6.10 Å². The van der Waals surface area contributed by atoms with Gasteiger partial charge < -0.3 is 14.8 Å². The second-order valence-corrected chi connectivity index (χ2v) is 3.97. The van der Waals surface area contributed by atoms with Crippen molar-refractivity contribution in [2.75, 3.05) is 26.4 Å². The molecular weight excluding hydrogens is 232 g/mol. The van der Waals surface area contributed by atoms with E-state index in [4.69, 9.17) is 14.7 Å². The van der Waals surface area contributed by atoms with Crippen molar-refractivity contribution < 1.29 is 14.3 Å². The fraction of sp³-hybridized carbons (Fsp3) is 0.385. The molecule has 18 heavy (non-hydrogen) atoms. The minimum Gasteiger partial charge on any atom is -0.376 e. The summed E-state index contributed by atoms with van der Waals surface area (Å²) in [4.78, 5) is 11.8. The maximum atomic E-state index is 11.8. The number of nitriles is 1. The molecule has 0 spiro atoms. The molecule has 0 aromatic heterocycles. The van der Waals surface area contributed by atoms with Crippen molar-refractivity contribution in [3.05, 3.63) is 35.4 Å². The molecule has 0 saturated carbocycles. The molecule has 1 N–H and O–H groups in total. The second kappa shape index (κ2) is 6.15. The van der Waals surface area contributed by atoms with Gasteiger partial charge in [0, 0.05) is 12.1 Å². The number of hydrogen-bond donors (Lipinski definition) is 1. The Hall–Kier alpha value is -1.90. The van der Waals surface area contributed by atoms with Crippen molar-refractivity contribution in [3.8, 4) is 6.07 Å². The van der Waals surface area contributed by atoms with Gasteiger partial charge in [0.1, 0.15) is 0 Å². The van der Waals surface area contributed by atoms with Gasteiger partial charge in [-0.2, -0.15) is 5.26 Å². The number of carbonyl (C=O) groups excluding carboxylic acids is 1. The highest BCUT2D eigenvalue weighted by molar-refractivity contribution is 5.94. The lowest BCUT2D eigenvalue weighted by Crippen LogP contribution is -2.39. The van der Waals surface area contributed by atoms with Crippen molar-refractivity contribution in [2.24, 2.45) is 0 Å². The van der Waals surface area contributed by atoms with Crippen LogP contribution in [0.25, 0.3) is 0 Å². The summed E-state index contributed by atoms with van der Waals surface area (Å²) >= 11 is 0. The van der Waals surface area contributed by atoms with Gasteiger partial charge in [0.2, 0.25) is 0 Å². The highest BCUT2D eigenvalue weighted by atomic mass is 16.6. The van der Waals surface area contributed by atoms with Crippen molar-refractivity contribution in [3.63, 3.8) is 0 Å². The van der Waals surface area contributed by atoms with Crippen LogP contribution in [-0.2, 0) is 9.47 Å². The average Bonchev–Trinajstić information content (AvgIpc) is 2.46. The summed E-state index contributed by atoms with van der Waals surface area (Å²) in [6, 6.07) is 8.51. The van der Waals surface area contributed by atoms with Crippen LogP contribution in [0.1, 0.15) is 15.9 Å². The Morgan fingerprint density at radius 3 is 2.78 bits per heavy atom. The minimum atomic E-state index is -0.173. The largest absolute Gasteiger partial charge is 0.376 e. The van der Waals surface area contributed by atoms with Crippen LogP contribution in [0.2, 0.25) is 0 Å². The lowest BCUT2D eigenvalue weighted by atomic mass is 10.1. The molecule has 94 valence electrons. The molecule has 1 fully saturated rings. The van der Waals surface area contributed by atoms with E-state index in [0.29, 0.717) is 37.5 Å². The number of rotatable bonds is 3. The van der Waals surface area contributed by atoms with E-state index >= 15 is 0 Å². The van der Waals surface area contributed by atoms with Crippen LogP contribution < -0.4 is 5.32 Å². The molecule has 1 saturated heterocycles. The number of hydrogen-bond acceptors (Lipinski definition) is 4. The number of carbonyl (C=O) groups is 1. The third kappa shape index (κ3) is 3.29. The molecule has 1 atom stereocenters. The summed E-state index contributed by atoms with van der Waals surface area (Å²) in [5, 5.41) is 11.4. The summed E-state index contributed by atoms with van der Waals surface area (Å²) in [5.74, 6) is -0.173. The molecule has 1 heterocycles. The smallest absolute Gasteiger partial charge is 0.251 e. The van der Waals surface area contributed by atoms with E-state index < -0.39 is 0 Å². The van der Waals surface area contributed by atoms with Gasteiger partial charge in [0.05, 0.1) is 37.6 Å². The fourth-order valence-corrected chi connectivity index (χ4v) is 1.66. The van der Waals surface area contributed by atoms with Gasteiger partial charge in [-0.05, 0) is 24.3 Å². The fourth-order valence-electron chi connectivity index (χ4n) is 1.66. The number of benzene rings is 1. The first-order valence-corrected chi connectivity index (χ1v) is 5.77. The molecule has 5 nitrogen and oxygen atoms in total. The molecule has 1 aliphatic heterocycles. The summed E-state index contributed by atoms with van der Waals surface area (Å²) in [6.45, 7) is 2.12. The zero-order chi connectivity index (χ0) is 12.8. The first-order chi connectivity index (χ1) is 8.79. The molecular formula is C13H14N2O3. The van der Waals surface area contributed by atoms with E-state index in [1.807, 2.05) is 6.07 Å². The van der Waals surface area contributed by atoms with Crippen molar-refractivity contribution in [1.29, 1.82) is 5.26 Å². The summed E-state index contributed by atoms with van der Waals surface area (Å²) in [6.07, 6.45) is -0.0823. The van der Waals surface area contributed by atoms with E-state index in [9.17, 15) is 4.79 Å². The molecule has 1 aliphatic rings. The van der Waals surface area contributed by atoms with Crippen LogP contribution in [0.4, 0.5) is 0 Å². The van der Waals surface area contributed by atoms with Gasteiger partial charge in [-0.1, -0.05) is 0 Å². The molecule has 5 heteroatoms. The number of ether oxygens (including phenoxy) is 2. The molecule has 1 amide bonds. The molecule has 0 bridgehead atoms. The predicted octanol–water partition coefficient (Wildman–Crippen LogP) is 0.703. The highest BCUT2D eigenvalue weighted by Crippen LogP contribution is 2.04. The van der Waals surface area contributed by atoms with E-state index in [2.05, 4.69) is 5.32 Å². The molecule has 1 unspecified atom stereocenters. The van der Waals surface area contributed by atoms with E-state index in [1.54, 1.807) is 24.3 Å². The Morgan fingerprint density at radius 2 is 2.17 bits per heavy atom. The molecule has 2 rings (SSSR count). The Kier molecular flexibility index (Phi) is 4.29. The van der Waals surface area contributed by atoms with E-state index in [1.165, 1.54) is 0 Å². The first-order valence-electron chi connectivity index (χ1n) is 5.77. The Morgan fingerprint density at radius 1 is 1.39 bits per heavy atom. The van der Waals surface area contributed by atoms with Gasteiger partial charge in [-0.15, -0.1) is 0 Å². The minimum absolute atomic E-state index is 0.0823. The Balaban J connectivity index is 1.85. The first kappa shape index (κ1) is 12.6. The molecule has 1 aromatic carbocycles. The summed E-state index contributed by atoms with van der Waals surface area (Å²) < 4.78 is 10.7. The van der Waals surface area contributed by atoms with Crippen LogP contribution in [0, 0.1) is 11.3 Å². The summed E-state index contributed by atoms with van der Waals surface area (Å²) in [5.41, 5.74) is 1.07. The van der Waals surface area contributed by atoms with Gasteiger partial charge in [-0.25, -0.2) is 0 Å². The average molecular weight is 246 g/mol. The van der Waals surface area contributed by atoms with E-state index in [0.717, 1.165) is 0 Å².